The summed E-state index contributed by atoms with van der Waals surface area (Å²) in [7, 11) is 0. The maximum absolute atomic E-state index is 5.23. The van der Waals surface area contributed by atoms with Gasteiger partial charge in [0.15, 0.2) is 0 Å². The molecule has 4 nitrogen and oxygen atoms in total. The number of hydrogen-bond acceptors (Lipinski definition) is 4. The summed E-state index contributed by atoms with van der Waals surface area (Å²) in [5, 5.41) is 0. The average molecular weight is 147 g/mol. The number of epoxide rings is 2. The first kappa shape index (κ1) is 7.94. The van der Waals surface area contributed by atoms with Gasteiger partial charge in [-0.05, 0) is 0 Å². The molecule has 0 spiro atoms. The molecule has 0 aromatic heterocycles. The lowest BCUT2D eigenvalue weighted by Crippen LogP contribution is -2.06. The fraction of sp³-hybridized carbons (Fsp3) is 1.00. The second kappa shape index (κ2) is 3.30. The SMILES string of the molecule is C(OCC1CO1)C1CO1.N. The summed E-state index contributed by atoms with van der Waals surface area (Å²) in [4.78, 5) is 0. The summed E-state index contributed by atoms with van der Waals surface area (Å²) in [6.45, 7) is 3.26. The molecular formula is C6H13NO3. The Morgan fingerprint density at radius 3 is 1.80 bits per heavy atom. The van der Waals surface area contributed by atoms with Gasteiger partial charge in [0, 0.05) is 0 Å². The highest BCUT2D eigenvalue weighted by atomic mass is 16.6. The van der Waals surface area contributed by atoms with Gasteiger partial charge in [-0.2, -0.15) is 0 Å². The smallest absolute Gasteiger partial charge is 0.104 e. The van der Waals surface area contributed by atoms with Crippen molar-refractivity contribution in [3.63, 3.8) is 0 Å². The first-order chi connectivity index (χ1) is 4.45. The molecule has 2 atom stereocenters. The van der Waals surface area contributed by atoms with E-state index in [1.807, 2.05) is 0 Å². The van der Waals surface area contributed by atoms with Crippen molar-refractivity contribution in [3.05, 3.63) is 0 Å². The van der Waals surface area contributed by atoms with Crippen LogP contribution in [0.1, 0.15) is 0 Å². The van der Waals surface area contributed by atoms with Crippen molar-refractivity contribution in [1.82, 2.24) is 6.15 Å². The van der Waals surface area contributed by atoms with E-state index in [4.69, 9.17) is 14.2 Å². The van der Waals surface area contributed by atoms with Crippen LogP contribution in [-0.4, -0.2) is 38.6 Å². The minimum Gasteiger partial charge on any atom is -0.376 e. The van der Waals surface area contributed by atoms with Gasteiger partial charge < -0.3 is 20.4 Å². The van der Waals surface area contributed by atoms with E-state index in [0.29, 0.717) is 12.2 Å². The lowest BCUT2D eigenvalue weighted by Gasteiger charge is -1.95. The topological polar surface area (TPSA) is 69.3 Å². The van der Waals surface area contributed by atoms with E-state index in [1.165, 1.54) is 0 Å². The van der Waals surface area contributed by atoms with E-state index in [2.05, 4.69) is 0 Å². The standard InChI is InChI=1S/C6H10O3.H3N/c1(5-3-8-5)7-2-6-4-9-6;/h5-6H,1-4H2;1H3. The third-order valence-electron chi connectivity index (χ3n) is 1.41. The maximum Gasteiger partial charge on any atom is 0.104 e. The molecule has 10 heavy (non-hydrogen) atoms. The molecule has 0 amide bonds. The molecule has 0 bridgehead atoms. The molecule has 3 N–H and O–H groups in total. The van der Waals surface area contributed by atoms with Gasteiger partial charge >= 0.3 is 0 Å². The molecule has 2 saturated heterocycles. The Morgan fingerprint density at radius 1 is 1.10 bits per heavy atom. The summed E-state index contributed by atoms with van der Waals surface area (Å²) >= 11 is 0. The van der Waals surface area contributed by atoms with Crippen molar-refractivity contribution in [1.29, 1.82) is 0 Å². The average Bonchev–Trinajstić information content (AvgIpc) is 2.57. The van der Waals surface area contributed by atoms with Crippen molar-refractivity contribution in [3.8, 4) is 0 Å². The number of ether oxygens (including phenoxy) is 3. The molecule has 0 aliphatic carbocycles. The van der Waals surface area contributed by atoms with E-state index in [1.54, 1.807) is 0 Å². The number of rotatable bonds is 4. The second-order valence-corrected chi connectivity index (χ2v) is 2.45. The van der Waals surface area contributed by atoms with E-state index < -0.39 is 0 Å². The highest BCUT2D eigenvalue weighted by Crippen LogP contribution is 2.12. The Kier molecular flexibility index (Phi) is 2.62. The zero-order valence-corrected chi connectivity index (χ0v) is 5.91. The highest BCUT2D eigenvalue weighted by Gasteiger charge is 2.26. The molecule has 2 heterocycles. The molecule has 4 heteroatoms. The van der Waals surface area contributed by atoms with Crippen molar-refractivity contribution >= 4 is 0 Å². The van der Waals surface area contributed by atoms with E-state index in [0.717, 1.165) is 26.4 Å². The van der Waals surface area contributed by atoms with E-state index >= 15 is 0 Å². The van der Waals surface area contributed by atoms with Gasteiger partial charge in [-0.15, -0.1) is 0 Å². The molecule has 2 aliphatic rings. The van der Waals surface area contributed by atoms with Gasteiger partial charge in [0.05, 0.1) is 26.4 Å². The molecule has 2 aliphatic heterocycles. The molecule has 0 aromatic rings. The summed E-state index contributed by atoms with van der Waals surface area (Å²) in [5.41, 5.74) is 0. The molecule has 2 fully saturated rings. The quantitative estimate of drug-likeness (QED) is 0.566. The second-order valence-electron chi connectivity index (χ2n) is 2.45. The van der Waals surface area contributed by atoms with Gasteiger partial charge in [0.25, 0.3) is 0 Å². The third kappa shape index (κ3) is 2.62. The van der Waals surface area contributed by atoms with Crippen molar-refractivity contribution in [2.24, 2.45) is 0 Å². The Balaban J connectivity index is 0.000000500. The monoisotopic (exact) mass is 147 g/mol. The highest BCUT2D eigenvalue weighted by molar-refractivity contribution is 4.71. The van der Waals surface area contributed by atoms with Crippen LogP contribution < -0.4 is 6.15 Å². The van der Waals surface area contributed by atoms with Gasteiger partial charge in [-0.3, -0.25) is 0 Å². The molecule has 2 rings (SSSR count). The molecule has 0 saturated carbocycles. The van der Waals surface area contributed by atoms with E-state index in [-0.39, 0.29) is 6.15 Å². The van der Waals surface area contributed by atoms with Crippen LogP contribution in [0.4, 0.5) is 0 Å². The molecule has 2 unspecified atom stereocenters. The van der Waals surface area contributed by atoms with Gasteiger partial charge in [-0.1, -0.05) is 0 Å². The van der Waals surface area contributed by atoms with Gasteiger partial charge in [0.2, 0.25) is 0 Å². The predicted molar refractivity (Wildman–Crippen MR) is 35.3 cm³/mol. The Bertz CT molecular complexity index is 89.2. The largest absolute Gasteiger partial charge is 0.376 e. The minimum absolute atomic E-state index is 0. The van der Waals surface area contributed by atoms with Crippen molar-refractivity contribution < 1.29 is 14.2 Å². The minimum atomic E-state index is 0. The Morgan fingerprint density at radius 2 is 1.50 bits per heavy atom. The zero-order valence-electron chi connectivity index (χ0n) is 5.91. The fourth-order valence-corrected chi connectivity index (χ4v) is 0.659. The zero-order chi connectivity index (χ0) is 6.10. The van der Waals surface area contributed by atoms with Gasteiger partial charge in [0.1, 0.15) is 12.2 Å². The molecule has 0 radical (unpaired) electrons. The third-order valence-corrected chi connectivity index (χ3v) is 1.41. The van der Waals surface area contributed by atoms with Crippen LogP contribution in [-0.2, 0) is 14.2 Å². The van der Waals surface area contributed by atoms with Crippen LogP contribution >= 0.6 is 0 Å². The number of hydrogen-bond donors (Lipinski definition) is 1. The van der Waals surface area contributed by atoms with Gasteiger partial charge in [-0.25, -0.2) is 0 Å². The summed E-state index contributed by atoms with van der Waals surface area (Å²) in [6, 6.07) is 0. The first-order valence-electron chi connectivity index (χ1n) is 3.26. The van der Waals surface area contributed by atoms with Crippen LogP contribution in [0.5, 0.6) is 0 Å². The Hall–Kier alpha value is -0.160. The summed E-state index contributed by atoms with van der Waals surface area (Å²) < 4.78 is 15.1. The Labute approximate surface area is 60.0 Å². The van der Waals surface area contributed by atoms with Crippen LogP contribution in [0.3, 0.4) is 0 Å². The van der Waals surface area contributed by atoms with Crippen LogP contribution in [0, 0.1) is 0 Å². The van der Waals surface area contributed by atoms with Crippen molar-refractivity contribution in [2.45, 2.75) is 12.2 Å². The molecule has 0 aromatic carbocycles. The summed E-state index contributed by atoms with van der Waals surface area (Å²) in [6.07, 6.45) is 0.785. The van der Waals surface area contributed by atoms with Crippen LogP contribution in [0.2, 0.25) is 0 Å². The van der Waals surface area contributed by atoms with E-state index in [9.17, 15) is 0 Å². The van der Waals surface area contributed by atoms with Crippen LogP contribution in [0.15, 0.2) is 0 Å². The maximum atomic E-state index is 5.23. The molecule has 60 valence electrons. The normalized spacial score (nSPS) is 34.8. The van der Waals surface area contributed by atoms with Crippen molar-refractivity contribution in [2.75, 3.05) is 26.4 Å². The van der Waals surface area contributed by atoms with Crippen LogP contribution in [0.25, 0.3) is 0 Å². The fourth-order valence-electron chi connectivity index (χ4n) is 0.659. The molecular weight excluding hydrogens is 134 g/mol. The lowest BCUT2D eigenvalue weighted by atomic mass is 10.5. The first-order valence-corrected chi connectivity index (χ1v) is 3.26. The lowest BCUT2D eigenvalue weighted by molar-refractivity contribution is 0.102. The predicted octanol–water partition coefficient (Wildman–Crippen LogP) is -0.0374. The summed E-state index contributed by atoms with van der Waals surface area (Å²) in [5.74, 6) is 0.